The SMILES string of the molecule is CC1(CNc2ccc3cc([N+](=O)[O-])ccc3n2)CCCNC1. The van der Waals surface area contributed by atoms with Crippen molar-refractivity contribution in [2.24, 2.45) is 5.41 Å². The van der Waals surface area contributed by atoms with Crippen molar-refractivity contribution < 1.29 is 4.92 Å². The summed E-state index contributed by atoms with van der Waals surface area (Å²) in [4.78, 5) is 14.9. The van der Waals surface area contributed by atoms with Crippen molar-refractivity contribution >= 4 is 22.4 Å². The number of hydrogen-bond donors (Lipinski definition) is 2. The average molecular weight is 300 g/mol. The monoisotopic (exact) mass is 300 g/mol. The first-order chi connectivity index (χ1) is 10.6. The number of nitro benzene ring substituents is 1. The molecule has 2 heterocycles. The number of anilines is 1. The summed E-state index contributed by atoms with van der Waals surface area (Å²) in [6.07, 6.45) is 2.40. The highest BCUT2D eigenvalue weighted by atomic mass is 16.6. The van der Waals surface area contributed by atoms with Crippen LogP contribution >= 0.6 is 0 Å². The van der Waals surface area contributed by atoms with Gasteiger partial charge in [0.05, 0.1) is 10.4 Å². The molecule has 1 aliphatic heterocycles. The summed E-state index contributed by atoms with van der Waals surface area (Å²) in [5, 5.41) is 18.4. The molecule has 2 N–H and O–H groups in total. The van der Waals surface area contributed by atoms with Crippen LogP contribution in [0.2, 0.25) is 0 Å². The Balaban J connectivity index is 1.74. The second-order valence-corrected chi connectivity index (χ2v) is 6.28. The zero-order chi connectivity index (χ0) is 15.6. The number of aromatic nitrogens is 1. The molecule has 6 heteroatoms. The van der Waals surface area contributed by atoms with Gasteiger partial charge in [-0.15, -0.1) is 0 Å². The number of rotatable bonds is 4. The zero-order valence-electron chi connectivity index (χ0n) is 12.6. The molecule has 116 valence electrons. The topological polar surface area (TPSA) is 80.1 Å². The van der Waals surface area contributed by atoms with Crippen LogP contribution in [-0.4, -0.2) is 29.5 Å². The molecular formula is C16H20N4O2. The molecule has 6 nitrogen and oxygen atoms in total. The number of nitrogens with zero attached hydrogens (tertiary/aromatic N) is 2. The van der Waals surface area contributed by atoms with E-state index in [1.54, 1.807) is 12.1 Å². The molecule has 2 aromatic rings. The van der Waals surface area contributed by atoms with Crippen molar-refractivity contribution in [3.8, 4) is 0 Å². The molecule has 1 fully saturated rings. The normalized spacial score (nSPS) is 21.7. The van der Waals surface area contributed by atoms with Crippen LogP contribution in [0.15, 0.2) is 30.3 Å². The molecule has 0 bridgehead atoms. The third-order valence-corrected chi connectivity index (χ3v) is 4.27. The summed E-state index contributed by atoms with van der Waals surface area (Å²) in [6.45, 7) is 5.25. The fourth-order valence-electron chi connectivity index (χ4n) is 2.90. The fourth-order valence-corrected chi connectivity index (χ4v) is 2.90. The zero-order valence-corrected chi connectivity index (χ0v) is 12.6. The highest BCUT2D eigenvalue weighted by Gasteiger charge is 2.26. The van der Waals surface area contributed by atoms with E-state index >= 15 is 0 Å². The number of fused-ring (bicyclic) bond motifs is 1. The summed E-state index contributed by atoms with van der Waals surface area (Å²) in [5.41, 5.74) is 1.10. The fraction of sp³-hybridized carbons (Fsp3) is 0.438. The maximum Gasteiger partial charge on any atom is 0.270 e. The summed E-state index contributed by atoms with van der Waals surface area (Å²) >= 11 is 0. The number of hydrogen-bond acceptors (Lipinski definition) is 5. The first kappa shape index (κ1) is 14.7. The van der Waals surface area contributed by atoms with Crippen LogP contribution in [-0.2, 0) is 0 Å². The third kappa shape index (κ3) is 3.17. The maximum atomic E-state index is 10.8. The molecule has 22 heavy (non-hydrogen) atoms. The van der Waals surface area contributed by atoms with Gasteiger partial charge < -0.3 is 10.6 Å². The number of nitro groups is 1. The minimum atomic E-state index is -0.386. The lowest BCUT2D eigenvalue weighted by molar-refractivity contribution is -0.384. The Morgan fingerprint density at radius 3 is 3.00 bits per heavy atom. The Morgan fingerprint density at radius 2 is 2.27 bits per heavy atom. The van der Waals surface area contributed by atoms with E-state index in [1.807, 2.05) is 12.1 Å². The highest BCUT2D eigenvalue weighted by Crippen LogP contribution is 2.26. The summed E-state index contributed by atoms with van der Waals surface area (Å²) in [6, 6.07) is 8.50. The lowest BCUT2D eigenvalue weighted by atomic mass is 9.83. The summed E-state index contributed by atoms with van der Waals surface area (Å²) in [7, 11) is 0. The van der Waals surface area contributed by atoms with Gasteiger partial charge in [0.25, 0.3) is 5.69 Å². The quantitative estimate of drug-likeness (QED) is 0.670. The van der Waals surface area contributed by atoms with Gasteiger partial charge in [0.1, 0.15) is 5.82 Å². The van der Waals surface area contributed by atoms with Crippen LogP contribution in [0.5, 0.6) is 0 Å². The Bertz CT molecular complexity index is 696. The molecule has 1 aromatic heterocycles. The first-order valence-corrected chi connectivity index (χ1v) is 7.56. The molecule has 0 amide bonds. The van der Waals surface area contributed by atoms with E-state index < -0.39 is 0 Å². The Morgan fingerprint density at radius 1 is 1.41 bits per heavy atom. The van der Waals surface area contributed by atoms with E-state index in [1.165, 1.54) is 18.9 Å². The first-order valence-electron chi connectivity index (χ1n) is 7.56. The second kappa shape index (κ2) is 5.88. The van der Waals surface area contributed by atoms with Crippen LogP contribution in [0, 0.1) is 15.5 Å². The van der Waals surface area contributed by atoms with Gasteiger partial charge in [-0.3, -0.25) is 10.1 Å². The maximum absolute atomic E-state index is 10.8. The van der Waals surface area contributed by atoms with E-state index in [0.29, 0.717) is 0 Å². The minimum absolute atomic E-state index is 0.0933. The van der Waals surface area contributed by atoms with Gasteiger partial charge in [0.15, 0.2) is 0 Å². The molecular weight excluding hydrogens is 280 g/mol. The van der Waals surface area contributed by atoms with Crippen molar-refractivity contribution in [1.82, 2.24) is 10.3 Å². The Labute approximate surface area is 129 Å². The van der Waals surface area contributed by atoms with Crippen molar-refractivity contribution in [3.63, 3.8) is 0 Å². The Kier molecular flexibility index (Phi) is 3.94. The lowest BCUT2D eigenvalue weighted by Gasteiger charge is -2.34. The number of nitrogens with one attached hydrogen (secondary N) is 2. The number of pyridine rings is 1. The van der Waals surface area contributed by atoms with E-state index in [2.05, 4.69) is 22.5 Å². The van der Waals surface area contributed by atoms with Crippen molar-refractivity contribution in [3.05, 3.63) is 40.4 Å². The smallest absolute Gasteiger partial charge is 0.270 e. The largest absolute Gasteiger partial charge is 0.369 e. The lowest BCUT2D eigenvalue weighted by Crippen LogP contribution is -2.42. The van der Waals surface area contributed by atoms with Gasteiger partial charge >= 0.3 is 0 Å². The van der Waals surface area contributed by atoms with Gasteiger partial charge in [-0.25, -0.2) is 4.98 Å². The third-order valence-electron chi connectivity index (χ3n) is 4.27. The number of non-ortho nitro benzene ring substituents is 1. The molecule has 0 aliphatic carbocycles. The van der Waals surface area contributed by atoms with Gasteiger partial charge in [-0.05, 0) is 43.0 Å². The predicted molar refractivity (Wildman–Crippen MR) is 87.1 cm³/mol. The summed E-state index contributed by atoms with van der Waals surface area (Å²) in [5.74, 6) is 0.813. The second-order valence-electron chi connectivity index (χ2n) is 6.28. The molecule has 1 saturated heterocycles. The molecule has 0 spiro atoms. The molecule has 1 unspecified atom stereocenters. The standard InChI is InChI=1S/C16H20N4O2/c1-16(7-2-8-17-10-16)11-18-15-6-3-12-9-13(20(21)22)4-5-14(12)19-15/h3-6,9,17H,2,7-8,10-11H2,1H3,(H,18,19). The van der Waals surface area contributed by atoms with Crippen LogP contribution in [0.1, 0.15) is 19.8 Å². The Hall–Kier alpha value is -2.21. The van der Waals surface area contributed by atoms with Crippen LogP contribution in [0.4, 0.5) is 11.5 Å². The summed E-state index contributed by atoms with van der Waals surface area (Å²) < 4.78 is 0. The van der Waals surface area contributed by atoms with Gasteiger partial charge in [-0.1, -0.05) is 6.92 Å². The highest BCUT2D eigenvalue weighted by molar-refractivity contribution is 5.82. The molecule has 1 atom stereocenters. The number of benzene rings is 1. The van der Waals surface area contributed by atoms with Gasteiger partial charge in [0, 0.05) is 30.6 Å². The molecule has 1 aliphatic rings. The van der Waals surface area contributed by atoms with Crippen LogP contribution in [0.3, 0.4) is 0 Å². The van der Waals surface area contributed by atoms with E-state index in [9.17, 15) is 10.1 Å². The molecule has 0 radical (unpaired) electrons. The molecule has 0 saturated carbocycles. The van der Waals surface area contributed by atoms with Gasteiger partial charge in [0.2, 0.25) is 0 Å². The van der Waals surface area contributed by atoms with Crippen LogP contribution < -0.4 is 10.6 Å². The van der Waals surface area contributed by atoms with E-state index in [4.69, 9.17) is 0 Å². The molecule has 3 rings (SSSR count). The van der Waals surface area contributed by atoms with Crippen molar-refractivity contribution in [1.29, 1.82) is 0 Å². The predicted octanol–water partition coefficient (Wildman–Crippen LogP) is 2.94. The average Bonchev–Trinajstić information content (AvgIpc) is 2.53. The van der Waals surface area contributed by atoms with Gasteiger partial charge in [-0.2, -0.15) is 0 Å². The van der Waals surface area contributed by atoms with E-state index in [-0.39, 0.29) is 16.0 Å². The van der Waals surface area contributed by atoms with Crippen LogP contribution in [0.25, 0.3) is 10.9 Å². The number of piperidine rings is 1. The van der Waals surface area contributed by atoms with Crippen molar-refractivity contribution in [2.75, 3.05) is 25.0 Å². The van der Waals surface area contributed by atoms with E-state index in [0.717, 1.165) is 36.4 Å². The van der Waals surface area contributed by atoms with Crippen molar-refractivity contribution in [2.45, 2.75) is 19.8 Å². The minimum Gasteiger partial charge on any atom is -0.369 e. The molecule has 1 aromatic carbocycles.